The number of amides is 1. The van der Waals surface area contributed by atoms with Crippen LogP contribution in [0.1, 0.15) is 17.2 Å². The number of hydrogen-bond acceptors (Lipinski definition) is 3. The molecule has 0 aliphatic rings. The van der Waals surface area contributed by atoms with Crippen LogP contribution < -0.4 is 11.1 Å². The van der Waals surface area contributed by atoms with Crippen molar-refractivity contribution in [2.24, 2.45) is 5.73 Å². The van der Waals surface area contributed by atoms with E-state index in [2.05, 4.69) is 10.4 Å². The Bertz CT molecular complexity index is 815. The van der Waals surface area contributed by atoms with E-state index in [1.165, 1.54) is 24.3 Å². The van der Waals surface area contributed by atoms with Gasteiger partial charge in [0.25, 0.3) is 0 Å². The lowest BCUT2D eigenvalue weighted by atomic mass is 10.1. The zero-order valence-corrected chi connectivity index (χ0v) is 12.9. The van der Waals surface area contributed by atoms with E-state index in [1.54, 1.807) is 17.1 Å². The number of aromatic nitrogens is 2. The number of anilines is 1. The molecule has 3 aromatic rings. The van der Waals surface area contributed by atoms with Crippen molar-refractivity contribution >= 4 is 11.6 Å². The van der Waals surface area contributed by atoms with Crippen LogP contribution in [0.4, 0.5) is 10.1 Å². The highest BCUT2D eigenvalue weighted by Crippen LogP contribution is 2.19. The number of benzene rings is 2. The fourth-order valence-electron chi connectivity index (χ4n) is 2.44. The zero-order valence-electron chi connectivity index (χ0n) is 12.9. The first-order chi connectivity index (χ1) is 11.6. The summed E-state index contributed by atoms with van der Waals surface area (Å²) in [7, 11) is 0. The Labute approximate surface area is 138 Å². The molecule has 0 fully saturated rings. The molecule has 0 saturated heterocycles. The molecule has 3 rings (SSSR count). The summed E-state index contributed by atoms with van der Waals surface area (Å²) in [6, 6.07) is 14.8. The van der Waals surface area contributed by atoms with E-state index in [1.807, 2.05) is 30.3 Å². The number of rotatable bonds is 6. The molecule has 1 heterocycles. The summed E-state index contributed by atoms with van der Waals surface area (Å²) in [5.41, 5.74) is 7.85. The standard InChI is InChI=1S/C18H17FN4O/c19-15-8-6-14(7-9-15)17(18(20)24)22-16-10-21-23(12-16)11-13-4-2-1-3-5-13/h1-10,12,17,22H,11H2,(H2,20,24)/t17-/m0/s1. The van der Waals surface area contributed by atoms with E-state index < -0.39 is 11.9 Å². The van der Waals surface area contributed by atoms with Gasteiger partial charge in [-0.05, 0) is 23.3 Å². The summed E-state index contributed by atoms with van der Waals surface area (Å²) >= 11 is 0. The second kappa shape index (κ2) is 6.95. The highest BCUT2D eigenvalue weighted by Gasteiger charge is 2.18. The molecule has 2 aromatic carbocycles. The highest BCUT2D eigenvalue weighted by atomic mass is 19.1. The lowest BCUT2D eigenvalue weighted by Gasteiger charge is -2.15. The van der Waals surface area contributed by atoms with Crippen molar-refractivity contribution in [3.05, 3.63) is 83.9 Å². The monoisotopic (exact) mass is 324 g/mol. The second-order valence-corrected chi connectivity index (χ2v) is 5.44. The molecule has 0 aliphatic heterocycles. The fourth-order valence-corrected chi connectivity index (χ4v) is 2.44. The maximum Gasteiger partial charge on any atom is 0.244 e. The predicted molar refractivity (Wildman–Crippen MR) is 89.7 cm³/mol. The molecule has 1 amide bonds. The zero-order chi connectivity index (χ0) is 16.9. The molecule has 0 unspecified atom stereocenters. The second-order valence-electron chi connectivity index (χ2n) is 5.44. The van der Waals surface area contributed by atoms with E-state index in [4.69, 9.17) is 5.73 Å². The Hall–Kier alpha value is -3.15. The number of nitrogens with zero attached hydrogens (tertiary/aromatic N) is 2. The number of primary amides is 1. The van der Waals surface area contributed by atoms with Gasteiger partial charge in [-0.1, -0.05) is 42.5 Å². The minimum Gasteiger partial charge on any atom is -0.368 e. The predicted octanol–water partition coefficient (Wildman–Crippen LogP) is 2.71. The Morgan fingerprint density at radius 1 is 1.17 bits per heavy atom. The Kier molecular flexibility index (Phi) is 4.56. The fraction of sp³-hybridized carbons (Fsp3) is 0.111. The van der Waals surface area contributed by atoms with Crippen LogP contribution in [0.15, 0.2) is 67.0 Å². The van der Waals surface area contributed by atoms with Gasteiger partial charge in [-0.3, -0.25) is 9.48 Å². The normalized spacial score (nSPS) is 11.9. The number of nitrogens with one attached hydrogen (secondary N) is 1. The van der Waals surface area contributed by atoms with Gasteiger partial charge in [0.1, 0.15) is 11.9 Å². The van der Waals surface area contributed by atoms with Gasteiger partial charge in [0.05, 0.1) is 18.4 Å². The average molecular weight is 324 g/mol. The SMILES string of the molecule is NC(=O)[C@@H](Nc1cnn(Cc2ccccc2)c1)c1ccc(F)cc1. The van der Waals surface area contributed by atoms with Gasteiger partial charge in [-0.15, -0.1) is 0 Å². The lowest BCUT2D eigenvalue weighted by molar-refractivity contribution is -0.118. The molecule has 24 heavy (non-hydrogen) atoms. The van der Waals surface area contributed by atoms with Crippen LogP contribution in [0.25, 0.3) is 0 Å². The first-order valence-corrected chi connectivity index (χ1v) is 7.49. The van der Waals surface area contributed by atoms with Crippen molar-refractivity contribution in [1.29, 1.82) is 0 Å². The summed E-state index contributed by atoms with van der Waals surface area (Å²) in [6.07, 6.45) is 3.43. The van der Waals surface area contributed by atoms with Gasteiger partial charge >= 0.3 is 0 Å². The van der Waals surface area contributed by atoms with Crippen molar-refractivity contribution in [2.45, 2.75) is 12.6 Å². The number of halogens is 1. The molecule has 0 radical (unpaired) electrons. The van der Waals surface area contributed by atoms with Crippen LogP contribution in [0.2, 0.25) is 0 Å². The summed E-state index contributed by atoms with van der Waals surface area (Å²) in [4.78, 5) is 11.7. The average Bonchev–Trinajstić information content (AvgIpc) is 3.01. The lowest BCUT2D eigenvalue weighted by Crippen LogP contribution is -2.27. The van der Waals surface area contributed by atoms with Crippen LogP contribution in [0.5, 0.6) is 0 Å². The molecule has 1 atom stereocenters. The molecule has 6 heteroatoms. The molecule has 0 saturated carbocycles. The van der Waals surface area contributed by atoms with E-state index in [9.17, 15) is 9.18 Å². The molecule has 0 spiro atoms. The van der Waals surface area contributed by atoms with Crippen molar-refractivity contribution < 1.29 is 9.18 Å². The Morgan fingerprint density at radius 2 is 1.88 bits per heavy atom. The largest absolute Gasteiger partial charge is 0.368 e. The molecular formula is C18H17FN4O. The number of carbonyl (C=O) groups is 1. The van der Waals surface area contributed by atoms with E-state index in [-0.39, 0.29) is 5.82 Å². The quantitative estimate of drug-likeness (QED) is 0.732. The highest BCUT2D eigenvalue weighted by molar-refractivity contribution is 5.84. The van der Waals surface area contributed by atoms with E-state index >= 15 is 0 Å². The third-order valence-corrected chi connectivity index (χ3v) is 3.62. The molecule has 3 N–H and O–H groups in total. The third-order valence-electron chi connectivity index (χ3n) is 3.62. The van der Waals surface area contributed by atoms with Crippen LogP contribution in [-0.4, -0.2) is 15.7 Å². The van der Waals surface area contributed by atoms with Crippen LogP contribution in [-0.2, 0) is 11.3 Å². The number of carbonyl (C=O) groups excluding carboxylic acids is 1. The summed E-state index contributed by atoms with van der Waals surface area (Å²) < 4.78 is 14.8. The Balaban J connectivity index is 1.74. The van der Waals surface area contributed by atoms with Gasteiger partial charge in [0, 0.05) is 6.20 Å². The van der Waals surface area contributed by atoms with Crippen LogP contribution in [0.3, 0.4) is 0 Å². The van der Waals surface area contributed by atoms with E-state index in [0.717, 1.165) is 5.56 Å². The van der Waals surface area contributed by atoms with Gasteiger partial charge in [0.2, 0.25) is 5.91 Å². The molecule has 5 nitrogen and oxygen atoms in total. The maximum atomic E-state index is 13.0. The van der Waals surface area contributed by atoms with Crippen LogP contribution in [0, 0.1) is 5.82 Å². The van der Waals surface area contributed by atoms with Gasteiger partial charge < -0.3 is 11.1 Å². The molecule has 0 aliphatic carbocycles. The van der Waals surface area contributed by atoms with E-state index in [0.29, 0.717) is 17.8 Å². The summed E-state index contributed by atoms with van der Waals surface area (Å²) in [6.45, 7) is 0.625. The Morgan fingerprint density at radius 3 is 2.54 bits per heavy atom. The van der Waals surface area contributed by atoms with Crippen molar-refractivity contribution in [3.63, 3.8) is 0 Å². The smallest absolute Gasteiger partial charge is 0.244 e. The summed E-state index contributed by atoms with van der Waals surface area (Å²) in [5.74, 6) is -0.907. The first kappa shape index (κ1) is 15.7. The molecule has 1 aromatic heterocycles. The third kappa shape index (κ3) is 3.78. The van der Waals surface area contributed by atoms with Crippen molar-refractivity contribution in [1.82, 2.24) is 9.78 Å². The minimum atomic E-state index is -0.750. The molecule has 0 bridgehead atoms. The maximum absolute atomic E-state index is 13.0. The van der Waals surface area contributed by atoms with Gasteiger partial charge in [-0.2, -0.15) is 5.10 Å². The number of nitrogens with two attached hydrogens (primary N) is 1. The minimum absolute atomic E-state index is 0.363. The summed E-state index contributed by atoms with van der Waals surface area (Å²) in [5, 5.41) is 7.31. The van der Waals surface area contributed by atoms with Crippen molar-refractivity contribution in [2.75, 3.05) is 5.32 Å². The van der Waals surface area contributed by atoms with Crippen LogP contribution >= 0.6 is 0 Å². The topological polar surface area (TPSA) is 72.9 Å². The molecular weight excluding hydrogens is 307 g/mol. The number of hydrogen-bond donors (Lipinski definition) is 2. The first-order valence-electron chi connectivity index (χ1n) is 7.49. The van der Waals surface area contributed by atoms with Crippen molar-refractivity contribution in [3.8, 4) is 0 Å². The van der Waals surface area contributed by atoms with Gasteiger partial charge in [-0.25, -0.2) is 4.39 Å². The molecule has 122 valence electrons. The van der Waals surface area contributed by atoms with Gasteiger partial charge in [0.15, 0.2) is 0 Å².